The van der Waals surface area contributed by atoms with E-state index < -0.39 is 0 Å². The van der Waals surface area contributed by atoms with Crippen LogP contribution in [0.1, 0.15) is 35.3 Å². The fourth-order valence-electron chi connectivity index (χ4n) is 2.84. The number of Topliss-reactive ketones (excluding diaryl/α,β-unsaturated/α-hetero) is 1. The van der Waals surface area contributed by atoms with Crippen molar-refractivity contribution in [3.05, 3.63) is 65.2 Å². The van der Waals surface area contributed by atoms with Crippen molar-refractivity contribution in [2.75, 3.05) is 11.1 Å². The zero-order valence-electron chi connectivity index (χ0n) is 15.7. The fourth-order valence-corrected chi connectivity index (χ4v) is 3.83. The molecule has 1 heterocycles. The Morgan fingerprint density at radius 1 is 1.07 bits per heavy atom. The molecule has 0 unspecified atom stereocenters. The van der Waals surface area contributed by atoms with E-state index in [0.717, 1.165) is 27.9 Å². The summed E-state index contributed by atoms with van der Waals surface area (Å²) >= 11 is 1.48. The maximum atomic E-state index is 12.5. The fraction of sp³-hybridized carbons (Fsp3) is 0.227. The molecule has 1 amide bonds. The molecule has 5 heteroatoms. The van der Waals surface area contributed by atoms with Crippen LogP contribution in [-0.4, -0.2) is 22.4 Å². The molecular weight excluding hydrogens is 356 g/mol. The number of hydrogen-bond donors (Lipinski definition) is 1. The van der Waals surface area contributed by atoms with Gasteiger partial charge in [-0.1, -0.05) is 30.8 Å². The number of thioether (sulfide) groups is 1. The molecule has 0 saturated heterocycles. The monoisotopic (exact) mass is 378 g/mol. The van der Waals surface area contributed by atoms with Gasteiger partial charge >= 0.3 is 0 Å². The maximum Gasteiger partial charge on any atom is 0.221 e. The lowest BCUT2D eigenvalue weighted by atomic mass is 10.1. The van der Waals surface area contributed by atoms with Gasteiger partial charge in [0, 0.05) is 23.6 Å². The summed E-state index contributed by atoms with van der Waals surface area (Å²) in [7, 11) is 0. The second kappa shape index (κ2) is 8.35. The van der Waals surface area contributed by atoms with Gasteiger partial charge in [0.15, 0.2) is 5.78 Å². The number of aryl methyl sites for hydroxylation is 2. The van der Waals surface area contributed by atoms with Crippen LogP contribution in [-0.2, 0) is 11.2 Å². The molecule has 0 spiro atoms. The maximum absolute atomic E-state index is 12.5. The van der Waals surface area contributed by atoms with Crippen LogP contribution < -0.4 is 5.32 Å². The minimum absolute atomic E-state index is 0.0440. The van der Waals surface area contributed by atoms with Gasteiger partial charge in [0.25, 0.3) is 0 Å². The normalized spacial score (nSPS) is 10.8. The van der Waals surface area contributed by atoms with E-state index in [0.29, 0.717) is 17.0 Å². The van der Waals surface area contributed by atoms with Crippen LogP contribution in [0.2, 0.25) is 0 Å². The van der Waals surface area contributed by atoms with Crippen molar-refractivity contribution in [3.8, 4) is 0 Å². The number of hydrogen-bond acceptors (Lipinski definition) is 4. The molecule has 4 nitrogen and oxygen atoms in total. The van der Waals surface area contributed by atoms with Crippen molar-refractivity contribution in [2.45, 2.75) is 32.2 Å². The number of anilines is 1. The van der Waals surface area contributed by atoms with Gasteiger partial charge in [-0.05, 0) is 60.9 Å². The third-order valence-electron chi connectivity index (χ3n) is 4.26. The first-order valence-corrected chi connectivity index (χ1v) is 9.88. The van der Waals surface area contributed by atoms with Gasteiger partial charge in [0.05, 0.1) is 11.3 Å². The Balaban J connectivity index is 1.75. The summed E-state index contributed by atoms with van der Waals surface area (Å²) in [6.07, 6.45) is 0.874. The molecule has 27 heavy (non-hydrogen) atoms. The number of amides is 1. The number of nitrogens with one attached hydrogen (secondary N) is 1. The quantitative estimate of drug-likeness (QED) is 0.482. The van der Waals surface area contributed by atoms with Crippen molar-refractivity contribution >= 4 is 40.0 Å². The van der Waals surface area contributed by atoms with E-state index in [1.54, 1.807) is 24.3 Å². The summed E-state index contributed by atoms with van der Waals surface area (Å²) in [6, 6.07) is 15.4. The van der Waals surface area contributed by atoms with Crippen LogP contribution in [0.15, 0.2) is 53.6 Å². The number of rotatable bonds is 6. The van der Waals surface area contributed by atoms with Gasteiger partial charge in [-0.15, -0.1) is 0 Å². The lowest BCUT2D eigenvalue weighted by Crippen LogP contribution is -2.07. The standard InChI is InChI=1S/C22H22N2O2S/c1-4-16-12-18-6-5-14(2)11-20(18)24-22(16)27-13-21(26)17-7-9-19(10-8-17)23-15(3)25/h5-12H,4,13H2,1-3H3,(H,23,25). The average molecular weight is 378 g/mol. The van der Waals surface area contributed by atoms with Gasteiger partial charge in [0.1, 0.15) is 5.03 Å². The molecule has 1 N–H and O–H groups in total. The van der Waals surface area contributed by atoms with Crippen molar-refractivity contribution in [1.29, 1.82) is 0 Å². The van der Waals surface area contributed by atoms with E-state index in [1.165, 1.54) is 24.2 Å². The molecule has 3 rings (SSSR count). The van der Waals surface area contributed by atoms with Gasteiger partial charge in [-0.2, -0.15) is 0 Å². The second-order valence-corrected chi connectivity index (χ2v) is 7.44. The van der Waals surface area contributed by atoms with E-state index in [-0.39, 0.29) is 11.7 Å². The first-order chi connectivity index (χ1) is 13.0. The summed E-state index contributed by atoms with van der Waals surface area (Å²) in [5.74, 6) is 0.244. The summed E-state index contributed by atoms with van der Waals surface area (Å²) in [5.41, 5.74) is 4.61. The molecule has 138 valence electrons. The summed E-state index contributed by atoms with van der Waals surface area (Å²) < 4.78 is 0. The SMILES string of the molecule is CCc1cc2ccc(C)cc2nc1SCC(=O)c1ccc(NC(C)=O)cc1. The van der Waals surface area contributed by atoms with Crippen molar-refractivity contribution in [2.24, 2.45) is 0 Å². The molecule has 0 aliphatic carbocycles. The third kappa shape index (κ3) is 4.74. The molecule has 0 atom stereocenters. The number of carbonyl (C=O) groups excluding carboxylic acids is 2. The van der Waals surface area contributed by atoms with Crippen LogP contribution in [0, 0.1) is 6.92 Å². The number of ketones is 1. The zero-order chi connectivity index (χ0) is 19.4. The van der Waals surface area contributed by atoms with Crippen LogP contribution in [0.25, 0.3) is 10.9 Å². The molecule has 0 saturated carbocycles. The Morgan fingerprint density at radius 2 is 1.81 bits per heavy atom. The lowest BCUT2D eigenvalue weighted by molar-refractivity contribution is -0.114. The zero-order valence-corrected chi connectivity index (χ0v) is 16.5. The van der Waals surface area contributed by atoms with E-state index >= 15 is 0 Å². The van der Waals surface area contributed by atoms with Crippen molar-refractivity contribution in [1.82, 2.24) is 4.98 Å². The second-order valence-electron chi connectivity index (χ2n) is 6.47. The number of benzene rings is 2. The Morgan fingerprint density at radius 3 is 2.48 bits per heavy atom. The highest BCUT2D eigenvalue weighted by molar-refractivity contribution is 8.00. The minimum Gasteiger partial charge on any atom is -0.326 e. The largest absolute Gasteiger partial charge is 0.326 e. The van der Waals surface area contributed by atoms with E-state index in [1.807, 2.05) is 0 Å². The Bertz CT molecular complexity index is 997. The van der Waals surface area contributed by atoms with Gasteiger partial charge in [-0.3, -0.25) is 9.59 Å². The molecule has 0 aliphatic heterocycles. The first kappa shape index (κ1) is 19.1. The van der Waals surface area contributed by atoms with Crippen LogP contribution in [0.4, 0.5) is 5.69 Å². The number of pyridine rings is 1. The highest BCUT2D eigenvalue weighted by atomic mass is 32.2. The topological polar surface area (TPSA) is 59.1 Å². The summed E-state index contributed by atoms with van der Waals surface area (Å²) in [5, 5.41) is 4.74. The van der Waals surface area contributed by atoms with Crippen LogP contribution >= 0.6 is 11.8 Å². The van der Waals surface area contributed by atoms with Gasteiger partial charge in [0.2, 0.25) is 5.91 Å². The smallest absolute Gasteiger partial charge is 0.221 e. The van der Waals surface area contributed by atoms with Gasteiger partial charge < -0.3 is 5.32 Å². The molecule has 0 radical (unpaired) electrons. The summed E-state index contributed by atoms with van der Waals surface area (Å²) in [4.78, 5) is 28.4. The third-order valence-corrected chi connectivity index (χ3v) is 5.29. The van der Waals surface area contributed by atoms with Crippen molar-refractivity contribution < 1.29 is 9.59 Å². The van der Waals surface area contributed by atoms with Gasteiger partial charge in [-0.25, -0.2) is 4.98 Å². The number of carbonyl (C=O) groups is 2. The average Bonchev–Trinajstić information content (AvgIpc) is 2.65. The number of fused-ring (bicyclic) bond motifs is 1. The Hall–Kier alpha value is -2.66. The molecule has 0 bridgehead atoms. The van der Waals surface area contributed by atoms with E-state index in [4.69, 9.17) is 4.98 Å². The highest BCUT2D eigenvalue weighted by Gasteiger charge is 2.11. The molecule has 1 aromatic heterocycles. The predicted octanol–water partition coefficient (Wildman–Crippen LogP) is 5.04. The highest BCUT2D eigenvalue weighted by Crippen LogP contribution is 2.27. The molecule has 2 aromatic carbocycles. The first-order valence-electron chi connectivity index (χ1n) is 8.90. The van der Waals surface area contributed by atoms with E-state index in [2.05, 4.69) is 43.4 Å². The van der Waals surface area contributed by atoms with E-state index in [9.17, 15) is 9.59 Å². The summed E-state index contributed by atoms with van der Waals surface area (Å²) in [6.45, 7) is 5.61. The van der Waals surface area contributed by atoms with Crippen molar-refractivity contribution in [3.63, 3.8) is 0 Å². The lowest BCUT2D eigenvalue weighted by Gasteiger charge is -2.09. The Kier molecular flexibility index (Phi) is 5.91. The minimum atomic E-state index is -0.130. The van der Waals surface area contributed by atoms with Crippen LogP contribution in [0.5, 0.6) is 0 Å². The molecule has 3 aromatic rings. The molecular formula is C22H22N2O2S. The van der Waals surface area contributed by atoms with Crippen LogP contribution in [0.3, 0.4) is 0 Å². The number of nitrogens with zero attached hydrogens (tertiary/aromatic N) is 1. The number of aromatic nitrogens is 1. The molecule has 0 aliphatic rings. The Labute approximate surface area is 163 Å². The molecule has 0 fully saturated rings. The predicted molar refractivity (Wildman–Crippen MR) is 112 cm³/mol.